The maximum Gasteiger partial charge on any atom is 0.191 e. The van der Waals surface area contributed by atoms with Gasteiger partial charge in [0.1, 0.15) is 17.4 Å². The predicted molar refractivity (Wildman–Crippen MR) is 168 cm³/mol. The number of rotatable bonds is 9. The minimum Gasteiger partial charge on any atom is -0.496 e. The quantitative estimate of drug-likeness (QED) is 0.259. The molecular weight excluding hydrogens is 536 g/mol. The molecule has 2 N–H and O–H groups in total. The Morgan fingerprint density at radius 2 is 1.73 bits per heavy atom. The molecule has 1 saturated heterocycles. The second kappa shape index (κ2) is 11.6. The molecule has 3 aromatic rings. The molecule has 0 spiro atoms. The summed E-state index contributed by atoms with van der Waals surface area (Å²) in [4.78, 5) is 12.5. The zero-order chi connectivity index (χ0) is 28.7. The Kier molecular flexibility index (Phi) is 8.49. The molecule has 2 aliphatic rings. The van der Waals surface area contributed by atoms with E-state index in [0.717, 1.165) is 79.1 Å². The first-order valence-electron chi connectivity index (χ1n) is 14.8. The van der Waals surface area contributed by atoms with Gasteiger partial charge < -0.3 is 19.8 Å². The Balaban J connectivity index is 1.40. The van der Waals surface area contributed by atoms with Crippen molar-refractivity contribution >= 4 is 36.6 Å². The summed E-state index contributed by atoms with van der Waals surface area (Å²) in [5.74, 6) is 3.81. The highest BCUT2D eigenvalue weighted by Gasteiger charge is 2.37. The van der Waals surface area contributed by atoms with Gasteiger partial charge in [-0.15, -0.1) is 0 Å². The molecule has 1 atom stereocenters. The molecule has 6 nitrogen and oxygen atoms in total. The lowest BCUT2D eigenvalue weighted by molar-refractivity contribution is 0.272. The highest BCUT2D eigenvalue weighted by Crippen LogP contribution is 2.44. The van der Waals surface area contributed by atoms with Crippen LogP contribution < -0.4 is 15.4 Å². The van der Waals surface area contributed by atoms with Gasteiger partial charge in [0.05, 0.1) is 23.0 Å². The highest BCUT2D eigenvalue weighted by molar-refractivity contribution is 6.74. The molecule has 1 unspecified atom stereocenters. The Morgan fingerprint density at radius 1 is 1.02 bits per heavy atom. The van der Waals surface area contributed by atoms with E-state index >= 15 is 0 Å². The number of anilines is 1. The number of piperidine rings is 1. The zero-order valence-corrected chi connectivity index (χ0v) is 26.7. The van der Waals surface area contributed by atoms with Crippen molar-refractivity contribution in [1.29, 1.82) is 0 Å². The number of ether oxygens (including phenoxy) is 1. The topological polar surface area (TPSA) is 73.5 Å². The molecule has 1 aliphatic heterocycles. The average Bonchev–Trinajstić information content (AvgIpc) is 3.78. The lowest BCUT2D eigenvalue weighted by Gasteiger charge is -2.36. The van der Waals surface area contributed by atoms with Gasteiger partial charge >= 0.3 is 0 Å². The van der Waals surface area contributed by atoms with Gasteiger partial charge in [0, 0.05) is 31.7 Å². The van der Waals surface area contributed by atoms with E-state index in [4.69, 9.17) is 36.5 Å². The summed E-state index contributed by atoms with van der Waals surface area (Å²) in [5, 5.41) is 1.78. The molecule has 40 heavy (non-hydrogen) atoms. The molecule has 1 saturated carbocycles. The van der Waals surface area contributed by atoms with Crippen LogP contribution in [0.5, 0.6) is 5.75 Å². The van der Waals surface area contributed by atoms with Crippen molar-refractivity contribution in [3.05, 3.63) is 58.4 Å². The van der Waals surface area contributed by atoms with Crippen molar-refractivity contribution in [2.75, 3.05) is 31.7 Å². The minimum atomic E-state index is -1.83. The van der Waals surface area contributed by atoms with Gasteiger partial charge in [-0.3, -0.25) is 0 Å². The van der Waals surface area contributed by atoms with E-state index in [2.05, 4.69) is 69.1 Å². The fourth-order valence-electron chi connectivity index (χ4n) is 5.46. The minimum absolute atomic E-state index is 0.169. The van der Waals surface area contributed by atoms with Crippen LogP contribution in [0.1, 0.15) is 87.7 Å². The molecule has 2 fully saturated rings. The Labute approximate surface area is 245 Å². The van der Waals surface area contributed by atoms with Crippen molar-refractivity contribution in [2.24, 2.45) is 5.73 Å². The van der Waals surface area contributed by atoms with E-state index in [1.807, 2.05) is 6.07 Å². The van der Waals surface area contributed by atoms with Gasteiger partial charge in [0.15, 0.2) is 8.32 Å². The van der Waals surface area contributed by atoms with Crippen LogP contribution in [0.15, 0.2) is 36.4 Å². The van der Waals surface area contributed by atoms with Gasteiger partial charge in [-0.1, -0.05) is 56.6 Å². The van der Waals surface area contributed by atoms with Crippen LogP contribution in [0.25, 0.3) is 10.9 Å². The summed E-state index contributed by atoms with van der Waals surface area (Å²) in [6.07, 6.45) is 5.11. The zero-order valence-electron chi connectivity index (χ0n) is 25.0. The molecule has 1 aromatic heterocycles. The number of nitrogens with two attached hydrogens (primary N) is 1. The van der Waals surface area contributed by atoms with E-state index < -0.39 is 8.32 Å². The number of fused-ring (bicyclic) bond motifs is 1. The molecule has 0 amide bonds. The summed E-state index contributed by atoms with van der Waals surface area (Å²) in [7, 11) is -0.0781. The molecule has 5 rings (SSSR count). The standard InChI is InChI=1S/C32H45ClN4O2Si/c1-32(2,3)40(5,6)39-20-17-25(34)24-13-14-26-28(29(24)33)31(36-30(35-26)22-11-12-22)37-18-15-21(16-19-37)23-9-7-8-10-27(23)38-4/h7-10,13-14,21-22,25H,11-12,15-20,34H2,1-6H3. The Bertz CT molecular complexity index is 1350. The van der Waals surface area contributed by atoms with Gasteiger partial charge in [-0.05, 0) is 79.4 Å². The molecule has 1 aliphatic carbocycles. The van der Waals surface area contributed by atoms with Crippen molar-refractivity contribution in [3.63, 3.8) is 0 Å². The fourth-order valence-corrected chi connectivity index (χ4v) is 6.90. The normalized spacial score (nSPS) is 17.9. The van der Waals surface area contributed by atoms with E-state index in [-0.39, 0.29) is 11.1 Å². The Morgan fingerprint density at radius 3 is 2.38 bits per heavy atom. The lowest BCUT2D eigenvalue weighted by atomic mass is 9.88. The summed E-state index contributed by atoms with van der Waals surface area (Å²) in [6, 6.07) is 12.3. The van der Waals surface area contributed by atoms with Gasteiger partial charge in [0.25, 0.3) is 0 Å². The molecule has 216 valence electrons. The largest absolute Gasteiger partial charge is 0.496 e. The number of hydrogen-bond donors (Lipinski definition) is 1. The SMILES string of the molecule is COc1ccccc1C1CCN(c2nc(C3CC3)nc3ccc(C(N)CCO[Si](C)(C)C(C)(C)C)c(Cl)c23)CC1. The number of nitrogens with zero attached hydrogens (tertiary/aromatic N) is 3. The molecule has 0 radical (unpaired) electrons. The Hall–Kier alpha value is -2.19. The first-order chi connectivity index (χ1) is 19.0. The predicted octanol–water partition coefficient (Wildman–Crippen LogP) is 7.96. The first-order valence-corrected chi connectivity index (χ1v) is 18.1. The van der Waals surface area contributed by atoms with Gasteiger partial charge in [-0.25, -0.2) is 9.97 Å². The number of hydrogen-bond acceptors (Lipinski definition) is 6. The molecular formula is C32H45ClN4O2Si. The van der Waals surface area contributed by atoms with Crippen LogP contribution >= 0.6 is 11.6 Å². The number of aromatic nitrogens is 2. The van der Waals surface area contributed by atoms with E-state index in [0.29, 0.717) is 23.5 Å². The third-order valence-corrected chi connectivity index (χ3v) is 14.2. The summed E-state index contributed by atoms with van der Waals surface area (Å²) in [5.41, 5.74) is 9.89. The van der Waals surface area contributed by atoms with Crippen LogP contribution in [-0.4, -0.2) is 45.1 Å². The first kappa shape index (κ1) is 29.3. The molecule has 2 aromatic carbocycles. The van der Waals surface area contributed by atoms with Gasteiger partial charge in [-0.2, -0.15) is 0 Å². The number of benzene rings is 2. The van der Waals surface area contributed by atoms with Crippen LogP contribution in [0.2, 0.25) is 23.2 Å². The lowest BCUT2D eigenvalue weighted by Crippen LogP contribution is -2.41. The van der Waals surface area contributed by atoms with E-state index in [1.165, 1.54) is 5.56 Å². The van der Waals surface area contributed by atoms with Crippen LogP contribution in [0.4, 0.5) is 5.82 Å². The summed E-state index contributed by atoms with van der Waals surface area (Å²) < 4.78 is 12.1. The van der Waals surface area contributed by atoms with Crippen molar-refractivity contribution in [2.45, 2.75) is 88.9 Å². The maximum absolute atomic E-state index is 7.18. The van der Waals surface area contributed by atoms with Crippen molar-refractivity contribution in [1.82, 2.24) is 9.97 Å². The number of halogens is 1. The second-order valence-corrected chi connectivity index (χ2v) is 18.2. The maximum atomic E-state index is 7.18. The smallest absolute Gasteiger partial charge is 0.191 e. The van der Waals surface area contributed by atoms with E-state index in [9.17, 15) is 0 Å². The van der Waals surface area contributed by atoms with Gasteiger partial charge in [0.2, 0.25) is 0 Å². The molecule has 0 bridgehead atoms. The number of methoxy groups -OCH3 is 1. The average molecular weight is 581 g/mol. The van der Waals surface area contributed by atoms with Crippen molar-refractivity contribution < 1.29 is 9.16 Å². The molecule has 2 heterocycles. The summed E-state index contributed by atoms with van der Waals surface area (Å²) in [6.45, 7) is 13.8. The monoisotopic (exact) mass is 580 g/mol. The second-order valence-electron chi connectivity index (χ2n) is 13.0. The molecule has 8 heteroatoms. The highest BCUT2D eigenvalue weighted by atomic mass is 35.5. The third-order valence-electron chi connectivity index (χ3n) is 9.24. The third kappa shape index (κ3) is 6.03. The fraction of sp³-hybridized carbons (Fsp3) is 0.562. The van der Waals surface area contributed by atoms with Crippen LogP contribution in [0, 0.1) is 0 Å². The van der Waals surface area contributed by atoms with E-state index in [1.54, 1.807) is 7.11 Å². The van der Waals surface area contributed by atoms with Crippen LogP contribution in [0.3, 0.4) is 0 Å². The van der Waals surface area contributed by atoms with Crippen molar-refractivity contribution in [3.8, 4) is 5.75 Å². The number of para-hydroxylation sites is 1. The van der Waals surface area contributed by atoms with Crippen LogP contribution in [-0.2, 0) is 4.43 Å². The summed E-state index contributed by atoms with van der Waals surface area (Å²) >= 11 is 7.18.